The van der Waals surface area contributed by atoms with Gasteiger partial charge in [0.05, 0.1) is 12.0 Å². The summed E-state index contributed by atoms with van der Waals surface area (Å²) < 4.78 is 2.16. The molecular weight excluding hydrogens is 230 g/mol. The second-order valence-corrected chi connectivity index (χ2v) is 4.99. The van der Waals surface area contributed by atoms with Gasteiger partial charge in [0.25, 0.3) is 0 Å². The van der Waals surface area contributed by atoms with Crippen LogP contribution in [0.1, 0.15) is 31.9 Å². The summed E-state index contributed by atoms with van der Waals surface area (Å²) in [7, 11) is 0. The Morgan fingerprint density at radius 1 is 1.61 bits per heavy atom. The van der Waals surface area contributed by atoms with Gasteiger partial charge in [0.2, 0.25) is 0 Å². The highest BCUT2D eigenvalue weighted by atomic mass is 16.4. The molecule has 1 N–H and O–H groups in total. The molecule has 5 heteroatoms. The van der Waals surface area contributed by atoms with Crippen molar-refractivity contribution in [3.63, 3.8) is 0 Å². The molecule has 1 saturated heterocycles. The first-order valence-electron chi connectivity index (χ1n) is 6.62. The van der Waals surface area contributed by atoms with Gasteiger partial charge in [-0.05, 0) is 32.2 Å². The highest BCUT2D eigenvalue weighted by Crippen LogP contribution is 2.22. The molecular formula is C13H21N3O2. The van der Waals surface area contributed by atoms with Gasteiger partial charge in [0.15, 0.2) is 0 Å². The van der Waals surface area contributed by atoms with Crippen LogP contribution in [0.3, 0.4) is 0 Å². The normalized spacial score (nSPS) is 20.4. The maximum atomic E-state index is 10.6. The number of carbonyl (C=O) groups is 1. The molecule has 1 fully saturated rings. The van der Waals surface area contributed by atoms with E-state index in [1.54, 1.807) is 0 Å². The van der Waals surface area contributed by atoms with Crippen molar-refractivity contribution in [3.05, 3.63) is 18.2 Å². The standard InChI is InChI=1S/C13H21N3O2/c1-2-16-10-14-7-12(16)9-15-6-5-11(8-15)3-4-13(17)18/h7,10-11H,2-6,8-9H2,1H3,(H,17,18). The molecule has 1 atom stereocenters. The van der Waals surface area contributed by atoms with Crippen LogP contribution in [0.5, 0.6) is 0 Å². The second kappa shape index (κ2) is 6.00. The van der Waals surface area contributed by atoms with Crippen LogP contribution in [0.4, 0.5) is 0 Å². The van der Waals surface area contributed by atoms with E-state index in [-0.39, 0.29) is 0 Å². The molecule has 0 aliphatic carbocycles. The van der Waals surface area contributed by atoms with E-state index in [4.69, 9.17) is 5.11 Å². The zero-order chi connectivity index (χ0) is 13.0. The molecule has 0 radical (unpaired) electrons. The summed E-state index contributed by atoms with van der Waals surface area (Å²) in [5, 5.41) is 8.69. The Morgan fingerprint density at radius 3 is 3.17 bits per heavy atom. The molecule has 0 bridgehead atoms. The molecule has 5 nitrogen and oxygen atoms in total. The molecule has 2 heterocycles. The molecule has 1 aliphatic rings. The lowest BCUT2D eigenvalue weighted by Crippen LogP contribution is -2.22. The maximum absolute atomic E-state index is 10.6. The number of aryl methyl sites for hydroxylation is 1. The lowest BCUT2D eigenvalue weighted by atomic mass is 10.0. The zero-order valence-corrected chi connectivity index (χ0v) is 10.9. The average molecular weight is 251 g/mol. The first kappa shape index (κ1) is 13.1. The predicted molar refractivity (Wildman–Crippen MR) is 68.2 cm³/mol. The molecule has 100 valence electrons. The summed E-state index contributed by atoms with van der Waals surface area (Å²) in [6, 6.07) is 0. The third kappa shape index (κ3) is 3.32. The van der Waals surface area contributed by atoms with E-state index in [0.29, 0.717) is 12.3 Å². The van der Waals surface area contributed by atoms with Gasteiger partial charge in [-0.2, -0.15) is 0 Å². The van der Waals surface area contributed by atoms with Crippen LogP contribution in [0, 0.1) is 5.92 Å². The molecule has 2 rings (SSSR count). The fourth-order valence-electron chi connectivity index (χ4n) is 2.61. The minimum Gasteiger partial charge on any atom is -0.481 e. The number of aromatic nitrogens is 2. The molecule has 0 saturated carbocycles. The number of carboxylic acid groups (broad SMARTS) is 1. The van der Waals surface area contributed by atoms with Gasteiger partial charge >= 0.3 is 5.97 Å². The molecule has 1 unspecified atom stereocenters. The summed E-state index contributed by atoms with van der Waals surface area (Å²) in [6.07, 6.45) is 6.01. The van der Waals surface area contributed by atoms with Gasteiger partial charge in [-0.1, -0.05) is 0 Å². The number of rotatable bonds is 6. The van der Waals surface area contributed by atoms with Crippen LogP contribution < -0.4 is 0 Å². The van der Waals surface area contributed by atoms with E-state index < -0.39 is 5.97 Å². The van der Waals surface area contributed by atoms with E-state index in [9.17, 15) is 4.79 Å². The molecule has 0 amide bonds. The van der Waals surface area contributed by atoms with Crippen molar-refractivity contribution < 1.29 is 9.90 Å². The van der Waals surface area contributed by atoms with Gasteiger partial charge in [-0.15, -0.1) is 0 Å². The van der Waals surface area contributed by atoms with Crippen molar-refractivity contribution in [3.8, 4) is 0 Å². The van der Waals surface area contributed by atoms with Crippen molar-refractivity contribution in [2.45, 2.75) is 39.3 Å². The van der Waals surface area contributed by atoms with Crippen molar-refractivity contribution in [2.24, 2.45) is 5.92 Å². The fourth-order valence-corrected chi connectivity index (χ4v) is 2.61. The van der Waals surface area contributed by atoms with Crippen LogP contribution >= 0.6 is 0 Å². The monoisotopic (exact) mass is 251 g/mol. The van der Waals surface area contributed by atoms with Crippen molar-refractivity contribution in [1.29, 1.82) is 0 Å². The smallest absolute Gasteiger partial charge is 0.303 e. The Bertz CT molecular complexity index is 403. The van der Waals surface area contributed by atoms with Crippen LogP contribution in [-0.4, -0.2) is 38.6 Å². The summed E-state index contributed by atoms with van der Waals surface area (Å²) >= 11 is 0. The summed E-state index contributed by atoms with van der Waals surface area (Å²) in [5.74, 6) is -0.142. The summed E-state index contributed by atoms with van der Waals surface area (Å²) in [5.41, 5.74) is 1.25. The third-order valence-electron chi connectivity index (χ3n) is 3.66. The van der Waals surface area contributed by atoms with Crippen molar-refractivity contribution >= 4 is 5.97 Å². The lowest BCUT2D eigenvalue weighted by molar-refractivity contribution is -0.137. The van der Waals surface area contributed by atoms with E-state index in [0.717, 1.165) is 39.0 Å². The molecule has 0 spiro atoms. The fraction of sp³-hybridized carbons (Fsp3) is 0.692. The Morgan fingerprint density at radius 2 is 2.44 bits per heavy atom. The zero-order valence-electron chi connectivity index (χ0n) is 10.9. The molecule has 1 aromatic rings. The minimum atomic E-state index is -0.683. The number of aliphatic carboxylic acids is 1. The van der Waals surface area contributed by atoms with Gasteiger partial charge in [0, 0.05) is 32.3 Å². The van der Waals surface area contributed by atoms with Gasteiger partial charge in [0.1, 0.15) is 0 Å². The second-order valence-electron chi connectivity index (χ2n) is 4.99. The minimum absolute atomic E-state index is 0.297. The molecule has 18 heavy (non-hydrogen) atoms. The first-order chi connectivity index (χ1) is 8.69. The van der Waals surface area contributed by atoms with E-state index in [1.807, 2.05) is 12.5 Å². The number of hydrogen-bond acceptors (Lipinski definition) is 3. The predicted octanol–water partition coefficient (Wildman–Crippen LogP) is 1.59. The Kier molecular flexibility index (Phi) is 4.36. The largest absolute Gasteiger partial charge is 0.481 e. The Hall–Kier alpha value is -1.36. The van der Waals surface area contributed by atoms with Gasteiger partial charge < -0.3 is 9.67 Å². The lowest BCUT2D eigenvalue weighted by Gasteiger charge is -2.16. The van der Waals surface area contributed by atoms with Crippen LogP contribution in [-0.2, 0) is 17.9 Å². The highest BCUT2D eigenvalue weighted by Gasteiger charge is 2.23. The molecule has 0 aromatic carbocycles. The highest BCUT2D eigenvalue weighted by molar-refractivity contribution is 5.66. The quantitative estimate of drug-likeness (QED) is 0.834. The Labute approximate surface area is 107 Å². The maximum Gasteiger partial charge on any atom is 0.303 e. The number of likely N-dealkylation sites (tertiary alicyclic amines) is 1. The summed E-state index contributed by atoms with van der Waals surface area (Å²) in [4.78, 5) is 17.1. The molecule has 1 aromatic heterocycles. The SMILES string of the molecule is CCn1cncc1CN1CCC(CCC(=O)O)C1. The molecule has 1 aliphatic heterocycles. The third-order valence-corrected chi connectivity index (χ3v) is 3.66. The van der Waals surface area contributed by atoms with E-state index in [2.05, 4.69) is 21.4 Å². The van der Waals surface area contributed by atoms with E-state index >= 15 is 0 Å². The van der Waals surface area contributed by atoms with Crippen LogP contribution in [0.25, 0.3) is 0 Å². The Balaban J connectivity index is 1.80. The van der Waals surface area contributed by atoms with Crippen LogP contribution in [0.2, 0.25) is 0 Å². The van der Waals surface area contributed by atoms with Crippen molar-refractivity contribution in [2.75, 3.05) is 13.1 Å². The number of carboxylic acids is 1. The number of imidazole rings is 1. The topological polar surface area (TPSA) is 58.4 Å². The average Bonchev–Trinajstić information content (AvgIpc) is 2.96. The van der Waals surface area contributed by atoms with Gasteiger partial charge in [-0.3, -0.25) is 9.69 Å². The van der Waals surface area contributed by atoms with E-state index in [1.165, 1.54) is 5.69 Å². The van der Waals surface area contributed by atoms with Crippen molar-refractivity contribution in [1.82, 2.24) is 14.5 Å². The number of nitrogens with zero attached hydrogens (tertiary/aromatic N) is 3. The summed E-state index contributed by atoms with van der Waals surface area (Å²) in [6.45, 7) is 6.08. The first-order valence-corrected chi connectivity index (χ1v) is 6.62. The van der Waals surface area contributed by atoms with Crippen LogP contribution in [0.15, 0.2) is 12.5 Å². The van der Waals surface area contributed by atoms with Gasteiger partial charge in [-0.25, -0.2) is 4.98 Å². The number of hydrogen-bond donors (Lipinski definition) is 1.